The number of esters is 2. The third-order valence-corrected chi connectivity index (χ3v) is 4.25. The number of rotatable bonds is 5. The van der Waals surface area contributed by atoms with Crippen molar-refractivity contribution >= 4 is 18.0 Å². The van der Waals surface area contributed by atoms with Crippen LogP contribution in [0.4, 0.5) is 4.79 Å². The molecule has 0 radical (unpaired) electrons. The van der Waals surface area contributed by atoms with Gasteiger partial charge in [0, 0.05) is 19.5 Å². The Bertz CT molecular complexity index is 460. The molecule has 7 nitrogen and oxygen atoms in total. The molecule has 1 fully saturated rings. The van der Waals surface area contributed by atoms with E-state index in [0.29, 0.717) is 38.8 Å². The maximum Gasteiger partial charge on any atom is 0.410 e. The van der Waals surface area contributed by atoms with Crippen molar-refractivity contribution in [3.05, 3.63) is 0 Å². The zero-order valence-electron chi connectivity index (χ0n) is 15.3. The summed E-state index contributed by atoms with van der Waals surface area (Å²) in [6.07, 6.45) is 1.99. The number of carbonyl (C=O) groups excluding carboxylic acids is 3. The van der Waals surface area contributed by atoms with E-state index in [0.717, 1.165) is 0 Å². The van der Waals surface area contributed by atoms with E-state index in [1.165, 1.54) is 14.2 Å². The molecule has 1 saturated heterocycles. The Hall–Kier alpha value is -1.79. The molecular formula is C17H29NO6. The number of amides is 1. The average molecular weight is 343 g/mol. The quantitative estimate of drug-likeness (QED) is 0.563. The van der Waals surface area contributed by atoms with E-state index in [2.05, 4.69) is 4.74 Å². The molecule has 0 aliphatic carbocycles. The van der Waals surface area contributed by atoms with Gasteiger partial charge in [-0.1, -0.05) is 0 Å². The Kier molecular flexibility index (Phi) is 7.05. The van der Waals surface area contributed by atoms with Gasteiger partial charge >= 0.3 is 18.0 Å². The van der Waals surface area contributed by atoms with Gasteiger partial charge in [0.15, 0.2) is 0 Å². The molecule has 1 rings (SSSR count). The molecule has 7 heteroatoms. The van der Waals surface area contributed by atoms with Crippen LogP contribution in [0.2, 0.25) is 0 Å². The van der Waals surface area contributed by atoms with Gasteiger partial charge in [0.1, 0.15) is 5.60 Å². The van der Waals surface area contributed by atoms with Crippen LogP contribution in [0.15, 0.2) is 0 Å². The number of hydrogen-bond donors (Lipinski definition) is 0. The van der Waals surface area contributed by atoms with Crippen LogP contribution in [-0.2, 0) is 23.8 Å². The van der Waals surface area contributed by atoms with Gasteiger partial charge in [0.25, 0.3) is 0 Å². The monoisotopic (exact) mass is 343 g/mol. The van der Waals surface area contributed by atoms with Gasteiger partial charge in [-0.05, 0) is 46.5 Å². The van der Waals surface area contributed by atoms with Crippen molar-refractivity contribution in [2.45, 2.75) is 58.5 Å². The van der Waals surface area contributed by atoms with Crippen LogP contribution in [-0.4, -0.2) is 55.8 Å². The van der Waals surface area contributed by atoms with E-state index in [4.69, 9.17) is 9.47 Å². The smallest absolute Gasteiger partial charge is 0.410 e. The Morgan fingerprint density at radius 2 is 1.62 bits per heavy atom. The molecule has 0 aromatic heterocycles. The molecule has 1 aliphatic rings. The van der Waals surface area contributed by atoms with Crippen LogP contribution in [0.25, 0.3) is 0 Å². The third-order valence-electron chi connectivity index (χ3n) is 4.25. The van der Waals surface area contributed by atoms with E-state index >= 15 is 0 Å². The summed E-state index contributed by atoms with van der Waals surface area (Å²) in [6.45, 7) is 6.33. The van der Waals surface area contributed by atoms with Crippen molar-refractivity contribution in [2.24, 2.45) is 5.41 Å². The Morgan fingerprint density at radius 3 is 2.08 bits per heavy atom. The fraction of sp³-hybridized carbons (Fsp3) is 0.824. The molecule has 24 heavy (non-hydrogen) atoms. The van der Waals surface area contributed by atoms with E-state index < -0.39 is 11.0 Å². The van der Waals surface area contributed by atoms with E-state index in [9.17, 15) is 14.4 Å². The highest BCUT2D eigenvalue weighted by atomic mass is 16.6. The van der Waals surface area contributed by atoms with Gasteiger partial charge < -0.3 is 19.1 Å². The highest BCUT2D eigenvalue weighted by Crippen LogP contribution is 2.38. The first-order valence-electron chi connectivity index (χ1n) is 8.27. The van der Waals surface area contributed by atoms with Gasteiger partial charge in [-0.3, -0.25) is 9.59 Å². The van der Waals surface area contributed by atoms with Gasteiger partial charge in [-0.25, -0.2) is 4.79 Å². The van der Waals surface area contributed by atoms with E-state index in [1.54, 1.807) is 4.90 Å². The zero-order chi connectivity index (χ0) is 18.4. The summed E-state index contributed by atoms with van der Waals surface area (Å²) in [5.41, 5.74) is -1.20. The second-order valence-electron chi connectivity index (χ2n) is 7.17. The zero-order valence-corrected chi connectivity index (χ0v) is 15.3. The summed E-state index contributed by atoms with van der Waals surface area (Å²) in [7, 11) is 2.71. The summed E-state index contributed by atoms with van der Waals surface area (Å²) in [4.78, 5) is 37.3. The fourth-order valence-corrected chi connectivity index (χ4v) is 2.89. The molecular weight excluding hydrogens is 314 g/mol. The van der Waals surface area contributed by atoms with Crippen LogP contribution in [0.3, 0.4) is 0 Å². The molecule has 0 aromatic rings. The molecule has 0 atom stereocenters. The number of nitrogens with zero attached hydrogens (tertiary/aromatic N) is 1. The minimum atomic E-state index is -0.652. The van der Waals surface area contributed by atoms with Crippen LogP contribution >= 0.6 is 0 Å². The summed E-state index contributed by atoms with van der Waals surface area (Å²) < 4.78 is 15.0. The van der Waals surface area contributed by atoms with Gasteiger partial charge in [-0.2, -0.15) is 0 Å². The lowest BCUT2D eigenvalue weighted by Crippen LogP contribution is -2.48. The standard InChI is InChI=1S/C17H29NO6/c1-16(2,3)24-15(21)18-11-9-17(10-12-18,14(20)23-5)8-6-7-13(19)22-4/h6-12H2,1-5H3. The highest BCUT2D eigenvalue weighted by molar-refractivity contribution is 5.77. The number of methoxy groups -OCH3 is 2. The third kappa shape index (κ3) is 5.69. The molecule has 1 heterocycles. The Morgan fingerprint density at radius 1 is 1.04 bits per heavy atom. The van der Waals surface area contributed by atoms with Crippen LogP contribution in [0.1, 0.15) is 52.9 Å². The van der Waals surface area contributed by atoms with Crippen molar-refractivity contribution in [1.29, 1.82) is 0 Å². The molecule has 0 unspecified atom stereocenters. The molecule has 138 valence electrons. The summed E-state index contributed by atoms with van der Waals surface area (Å²) in [5, 5.41) is 0. The number of likely N-dealkylation sites (tertiary alicyclic amines) is 1. The first-order valence-corrected chi connectivity index (χ1v) is 8.27. The molecule has 1 aliphatic heterocycles. The summed E-state index contributed by atoms with van der Waals surface area (Å²) >= 11 is 0. The van der Waals surface area contributed by atoms with Crippen molar-refractivity contribution in [1.82, 2.24) is 4.90 Å². The predicted octanol–water partition coefficient (Wildman–Crippen LogP) is 2.52. The maximum atomic E-state index is 12.3. The molecule has 0 saturated carbocycles. The largest absolute Gasteiger partial charge is 0.469 e. The summed E-state index contributed by atoms with van der Waals surface area (Å²) in [6, 6.07) is 0. The first-order chi connectivity index (χ1) is 11.1. The lowest BCUT2D eigenvalue weighted by Gasteiger charge is -2.40. The second-order valence-corrected chi connectivity index (χ2v) is 7.17. The fourth-order valence-electron chi connectivity index (χ4n) is 2.89. The SMILES string of the molecule is COC(=O)CCCC1(C(=O)OC)CCN(C(=O)OC(C)(C)C)CC1. The Balaban J connectivity index is 2.65. The van der Waals surface area contributed by atoms with E-state index in [-0.39, 0.29) is 24.5 Å². The number of hydrogen-bond acceptors (Lipinski definition) is 6. The van der Waals surface area contributed by atoms with Crippen LogP contribution in [0, 0.1) is 5.41 Å². The number of ether oxygens (including phenoxy) is 3. The molecule has 0 N–H and O–H groups in total. The maximum absolute atomic E-state index is 12.3. The normalized spacial score (nSPS) is 17.1. The molecule has 0 spiro atoms. The minimum Gasteiger partial charge on any atom is -0.469 e. The van der Waals surface area contributed by atoms with Gasteiger partial charge in [0.2, 0.25) is 0 Å². The molecule has 0 bridgehead atoms. The summed E-state index contributed by atoms with van der Waals surface area (Å²) in [5.74, 6) is -0.572. The predicted molar refractivity (Wildman–Crippen MR) is 87.4 cm³/mol. The lowest BCUT2D eigenvalue weighted by atomic mass is 9.74. The topological polar surface area (TPSA) is 82.1 Å². The lowest BCUT2D eigenvalue weighted by molar-refractivity contribution is -0.157. The number of piperidine rings is 1. The van der Waals surface area contributed by atoms with Gasteiger partial charge in [-0.15, -0.1) is 0 Å². The molecule has 0 aromatic carbocycles. The van der Waals surface area contributed by atoms with Crippen LogP contribution < -0.4 is 0 Å². The second kappa shape index (κ2) is 8.35. The van der Waals surface area contributed by atoms with Crippen molar-refractivity contribution < 1.29 is 28.6 Å². The highest BCUT2D eigenvalue weighted by Gasteiger charge is 2.43. The van der Waals surface area contributed by atoms with Crippen molar-refractivity contribution in [2.75, 3.05) is 27.3 Å². The Labute approximate surface area is 143 Å². The van der Waals surface area contributed by atoms with Crippen LogP contribution in [0.5, 0.6) is 0 Å². The van der Waals surface area contributed by atoms with E-state index in [1.807, 2.05) is 20.8 Å². The molecule has 1 amide bonds. The average Bonchev–Trinajstić information content (AvgIpc) is 2.52. The van der Waals surface area contributed by atoms with Gasteiger partial charge in [0.05, 0.1) is 19.6 Å². The minimum absolute atomic E-state index is 0.269. The number of carbonyl (C=O) groups is 3. The first kappa shape index (κ1) is 20.3. The van der Waals surface area contributed by atoms with Crippen molar-refractivity contribution in [3.63, 3.8) is 0 Å². The van der Waals surface area contributed by atoms with Crippen molar-refractivity contribution in [3.8, 4) is 0 Å².